The molecule has 236 valence electrons. The van der Waals surface area contributed by atoms with Crippen LogP contribution in [0.15, 0.2) is 60.5 Å². The quantitative estimate of drug-likeness (QED) is 0.213. The number of aliphatic hydroxyl groups is 1. The van der Waals surface area contributed by atoms with E-state index in [4.69, 9.17) is 14.8 Å². The first kappa shape index (κ1) is 30.2. The van der Waals surface area contributed by atoms with Crippen LogP contribution in [0, 0.1) is 11.6 Å². The number of aliphatic hydroxyl groups excluding tert-OH is 1. The number of hydrogen-bond acceptors (Lipinski definition) is 7. The van der Waals surface area contributed by atoms with E-state index in [2.05, 4.69) is 36.7 Å². The van der Waals surface area contributed by atoms with Gasteiger partial charge in [0, 0.05) is 53.0 Å². The van der Waals surface area contributed by atoms with Crippen LogP contribution < -0.4 is 4.74 Å². The fraction of sp³-hybridized carbons (Fsp3) is 0.286. The Morgan fingerprint density at radius 2 is 1.96 bits per heavy atom. The summed E-state index contributed by atoms with van der Waals surface area (Å²) in [6.07, 6.45) is 2.23. The fourth-order valence-electron chi connectivity index (χ4n) is 6.60. The molecule has 1 atom stereocenters. The number of halogens is 2. The van der Waals surface area contributed by atoms with Crippen molar-refractivity contribution in [1.29, 1.82) is 0 Å². The third-order valence-corrected chi connectivity index (χ3v) is 9.80. The topological polar surface area (TPSA) is 83.7 Å². The molecule has 5 aromatic rings. The molecule has 46 heavy (non-hydrogen) atoms. The van der Waals surface area contributed by atoms with E-state index in [9.17, 15) is 14.3 Å². The van der Waals surface area contributed by atoms with Crippen molar-refractivity contribution in [2.24, 2.45) is 0 Å². The van der Waals surface area contributed by atoms with Crippen LogP contribution in [0.5, 0.6) is 5.75 Å². The van der Waals surface area contributed by atoms with Gasteiger partial charge in [0.2, 0.25) is 5.91 Å². The monoisotopic (exact) mass is 641 g/mol. The molecular formula is C35H33F2N5O3S. The molecule has 1 amide bonds. The van der Waals surface area contributed by atoms with Crippen molar-refractivity contribution in [3.05, 3.63) is 89.0 Å². The van der Waals surface area contributed by atoms with Gasteiger partial charge in [-0.1, -0.05) is 18.7 Å². The maximum atomic E-state index is 16.0. The summed E-state index contributed by atoms with van der Waals surface area (Å²) in [5.41, 5.74) is 6.43. The van der Waals surface area contributed by atoms with Crippen LogP contribution in [0.4, 0.5) is 8.78 Å². The number of rotatable bonds is 7. The predicted octanol–water partition coefficient (Wildman–Crippen LogP) is 6.22. The smallest absolute Gasteiger partial charge is 0.246 e. The lowest BCUT2D eigenvalue weighted by Gasteiger charge is -2.33. The number of nitrogens with zero attached hydrogens (tertiary/aromatic N) is 5. The predicted molar refractivity (Wildman–Crippen MR) is 175 cm³/mol. The van der Waals surface area contributed by atoms with E-state index in [1.807, 2.05) is 29.1 Å². The van der Waals surface area contributed by atoms with Gasteiger partial charge in [-0.25, -0.2) is 13.8 Å². The Bertz CT molecular complexity index is 2000. The zero-order chi connectivity index (χ0) is 32.1. The summed E-state index contributed by atoms with van der Waals surface area (Å²) in [4.78, 5) is 21.9. The van der Waals surface area contributed by atoms with Gasteiger partial charge in [-0.05, 0) is 61.2 Å². The minimum Gasteiger partial charge on any atom is -0.490 e. The Labute approximate surface area is 269 Å². The van der Waals surface area contributed by atoms with Crippen LogP contribution >= 0.6 is 11.3 Å². The largest absolute Gasteiger partial charge is 0.490 e. The molecule has 0 saturated carbocycles. The van der Waals surface area contributed by atoms with Crippen molar-refractivity contribution >= 4 is 27.3 Å². The number of aromatic nitrogens is 3. The maximum Gasteiger partial charge on any atom is 0.246 e. The van der Waals surface area contributed by atoms with Gasteiger partial charge in [0.25, 0.3) is 0 Å². The van der Waals surface area contributed by atoms with Gasteiger partial charge in [-0.2, -0.15) is 5.10 Å². The summed E-state index contributed by atoms with van der Waals surface area (Å²) in [7, 11) is 2.11. The van der Waals surface area contributed by atoms with Crippen molar-refractivity contribution in [3.8, 4) is 39.5 Å². The minimum atomic E-state index is -0.809. The van der Waals surface area contributed by atoms with Crippen molar-refractivity contribution in [2.45, 2.75) is 32.5 Å². The van der Waals surface area contributed by atoms with Crippen molar-refractivity contribution in [3.63, 3.8) is 0 Å². The lowest BCUT2D eigenvalue weighted by Crippen LogP contribution is -2.40. The van der Waals surface area contributed by atoms with Gasteiger partial charge >= 0.3 is 0 Å². The molecule has 0 radical (unpaired) electrons. The Balaban J connectivity index is 1.49. The maximum absolute atomic E-state index is 16.0. The number of carbonyl (C=O) groups is 1. The molecule has 3 aromatic heterocycles. The number of fused-ring (bicyclic) bond motifs is 3. The fourth-order valence-corrected chi connectivity index (χ4v) is 7.55. The molecule has 0 bridgehead atoms. The normalized spacial score (nSPS) is 16.4. The van der Waals surface area contributed by atoms with Gasteiger partial charge in [-0.3, -0.25) is 9.48 Å². The SMILES string of the molecule is C=CC(=O)N1CCn2nc(-c3nc(-c4ccc5c(c4)CCN(C)C5)c4ccsc4c3-c3c(F)cc(F)cc3OCCO)cc2[C@@H]1C. The number of benzene rings is 2. The first-order valence-electron chi connectivity index (χ1n) is 15.2. The molecule has 11 heteroatoms. The molecule has 7 rings (SSSR count). The molecular weight excluding hydrogens is 608 g/mol. The van der Waals surface area contributed by atoms with E-state index >= 15 is 4.39 Å². The molecule has 5 heterocycles. The van der Waals surface area contributed by atoms with Gasteiger partial charge in [0.1, 0.15) is 35.4 Å². The van der Waals surface area contributed by atoms with Crippen LogP contribution in [-0.4, -0.2) is 68.9 Å². The molecule has 1 N–H and O–H groups in total. The second-order valence-corrected chi connectivity index (χ2v) is 12.7. The average molecular weight is 642 g/mol. The van der Waals surface area contributed by atoms with Crippen LogP contribution in [0.2, 0.25) is 0 Å². The summed E-state index contributed by atoms with van der Waals surface area (Å²) >= 11 is 1.43. The zero-order valence-corrected chi connectivity index (χ0v) is 26.4. The molecule has 0 unspecified atom stereocenters. The van der Waals surface area contributed by atoms with Gasteiger partial charge in [-0.15, -0.1) is 11.3 Å². The molecule has 0 fully saturated rings. The van der Waals surface area contributed by atoms with E-state index in [0.717, 1.165) is 58.7 Å². The highest BCUT2D eigenvalue weighted by molar-refractivity contribution is 7.18. The highest BCUT2D eigenvalue weighted by atomic mass is 32.1. The first-order valence-corrected chi connectivity index (χ1v) is 16.1. The summed E-state index contributed by atoms with van der Waals surface area (Å²) in [5, 5.41) is 17.2. The summed E-state index contributed by atoms with van der Waals surface area (Å²) in [5.74, 6) is -1.80. The second-order valence-electron chi connectivity index (χ2n) is 11.7. The van der Waals surface area contributed by atoms with Crippen molar-refractivity contribution in [2.75, 3.05) is 33.4 Å². The van der Waals surface area contributed by atoms with Crippen molar-refractivity contribution in [1.82, 2.24) is 24.6 Å². The number of likely N-dealkylation sites (N-methyl/N-ethyl adjacent to an activating group) is 1. The van der Waals surface area contributed by atoms with Crippen LogP contribution in [0.1, 0.15) is 29.8 Å². The Kier molecular flexibility index (Phi) is 7.92. The Morgan fingerprint density at radius 3 is 2.76 bits per heavy atom. The van der Waals surface area contributed by atoms with Crippen LogP contribution in [0.3, 0.4) is 0 Å². The Hall–Kier alpha value is -4.45. The number of hydrogen-bond donors (Lipinski definition) is 1. The molecule has 0 aliphatic carbocycles. The number of ether oxygens (including phenoxy) is 1. The second kappa shape index (κ2) is 12.1. The van der Waals surface area contributed by atoms with E-state index in [1.54, 1.807) is 4.90 Å². The Morgan fingerprint density at radius 1 is 1.11 bits per heavy atom. The third kappa shape index (κ3) is 5.18. The van der Waals surface area contributed by atoms with Crippen LogP contribution in [0.25, 0.3) is 43.9 Å². The highest BCUT2D eigenvalue weighted by Crippen LogP contribution is 2.47. The summed E-state index contributed by atoms with van der Waals surface area (Å²) in [6, 6.07) is 12.0. The lowest BCUT2D eigenvalue weighted by molar-refractivity contribution is -0.129. The van der Waals surface area contributed by atoms with Gasteiger partial charge in [0.15, 0.2) is 0 Å². The molecule has 2 aliphatic heterocycles. The van der Waals surface area contributed by atoms with E-state index in [1.165, 1.54) is 28.5 Å². The number of carbonyl (C=O) groups excluding carboxylic acids is 1. The van der Waals surface area contributed by atoms with E-state index in [-0.39, 0.29) is 36.5 Å². The molecule has 2 aromatic carbocycles. The highest BCUT2D eigenvalue weighted by Gasteiger charge is 2.31. The molecule has 0 spiro atoms. The van der Waals surface area contributed by atoms with Crippen molar-refractivity contribution < 1.29 is 23.4 Å². The average Bonchev–Trinajstić information content (AvgIpc) is 3.71. The van der Waals surface area contributed by atoms with E-state index in [0.29, 0.717) is 30.0 Å². The minimum absolute atomic E-state index is 0.0324. The number of thiophene rings is 1. The third-order valence-electron chi connectivity index (χ3n) is 8.87. The molecule has 2 aliphatic rings. The number of pyridine rings is 1. The van der Waals surface area contributed by atoms with E-state index < -0.39 is 11.6 Å². The van der Waals surface area contributed by atoms with Gasteiger partial charge < -0.3 is 19.6 Å². The standard InChI is InChI=1S/C35H33F2N5O3S/c1-4-30(44)41-10-11-42-28(20(41)2)18-27(39-42)34-32(31-26(37)16-24(36)17-29(31)45-13-12-43)35-25(8-14-46-35)33(38-34)22-5-6-23-19-40(3)9-7-21(23)15-22/h4-6,8,14-18,20,43H,1,7,9-13,19H2,2-3H3/t20-/m0/s1. The lowest BCUT2D eigenvalue weighted by atomic mass is 9.93. The summed E-state index contributed by atoms with van der Waals surface area (Å²) in [6.45, 7) is 7.90. The zero-order valence-electron chi connectivity index (χ0n) is 25.6. The number of amides is 1. The summed E-state index contributed by atoms with van der Waals surface area (Å²) < 4.78 is 38.9. The molecule has 0 saturated heterocycles. The van der Waals surface area contributed by atoms with Gasteiger partial charge in [0.05, 0.1) is 36.1 Å². The van der Waals surface area contributed by atoms with Crippen LogP contribution in [-0.2, 0) is 24.3 Å². The first-order chi connectivity index (χ1) is 22.3. The molecule has 8 nitrogen and oxygen atoms in total.